The van der Waals surface area contributed by atoms with Crippen molar-refractivity contribution in [2.24, 2.45) is 11.3 Å². The zero-order valence-electron chi connectivity index (χ0n) is 12.8. The second-order valence-electron chi connectivity index (χ2n) is 7.36. The number of nitrogens with zero attached hydrogens (tertiary/aromatic N) is 1. The fraction of sp³-hybridized carbons (Fsp3) is 0.857. The maximum absolute atomic E-state index is 13.2. The Morgan fingerprint density at radius 2 is 1.65 bits per heavy atom. The van der Waals surface area contributed by atoms with Gasteiger partial charge in [-0.1, -0.05) is 13.8 Å². The van der Waals surface area contributed by atoms with Gasteiger partial charge < -0.3 is 30.6 Å². The monoisotopic (exact) mass is 337 g/mol. The zero-order chi connectivity index (χ0) is 17.6. The van der Waals surface area contributed by atoms with Gasteiger partial charge in [0, 0.05) is 24.2 Å². The zero-order valence-corrected chi connectivity index (χ0v) is 12.8. The second-order valence-corrected chi connectivity index (χ2v) is 7.36. The highest BCUT2D eigenvalue weighted by molar-refractivity contribution is 5.38. The summed E-state index contributed by atoms with van der Waals surface area (Å²) in [4.78, 5) is 0.245. The molecule has 3 fully saturated rings. The lowest BCUT2D eigenvalue weighted by molar-refractivity contribution is -0.393. The van der Waals surface area contributed by atoms with Gasteiger partial charge in [-0.2, -0.15) is 13.7 Å². The number of hydrogen-bond acceptors (Lipinski definition) is 7. The van der Waals surface area contributed by atoms with Crippen molar-refractivity contribution in [2.75, 3.05) is 0 Å². The topological polar surface area (TPSA) is 125 Å². The van der Waals surface area contributed by atoms with E-state index in [1.54, 1.807) is 0 Å². The molecule has 0 amide bonds. The van der Waals surface area contributed by atoms with Crippen LogP contribution < -0.4 is 0 Å². The SMILES string of the molecule is CC(C)C(O)(O)[C@]12CC(=C(F)F)C(O)(O)N1C(O)(O)CC21CC1. The first-order valence-electron chi connectivity index (χ1n) is 7.46. The first-order chi connectivity index (χ1) is 10.3. The fourth-order valence-electron chi connectivity index (χ4n) is 4.61. The number of fused-ring (bicyclic) bond motifs is 2. The van der Waals surface area contributed by atoms with Crippen molar-refractivity contribution in [2.45, 2.75) is 62.7 Å². The Morgan fingerprint density at radius 3 is 2.04 bits per heavy atom. The van der Waals surface area contributed by atoms with Crippen LogP contribution in [-0.4, -0.2) is 58.7 Å². The lowest BCUT2D eigenvalue weighted by atomic mass is 9.69. The minimum atomic E-state index is -3.39. The molecule has 6 N–H and O–H groups in total. The van der Waals surface area contributed by atoms with Gasteiger partial charge in [0.2, 0.25) is 5.91 Å². The van der Waals surface area contributed by atoms with Crippen molar-refractivity contribution in [3.8, 4) is 0 Å². The van der Waals surface area contributed by atoms with E-state index in [2.05, 4.69) is 0 Å². The molecule has 132 valence electrons. The predicted molar refractivity (Wildman–Crippen MR) is 71.1 cm³/mol. The molecule has 2 heterocycles. The Bertz CT molecular complexity index is 580. The smallest absolute Gasteiger partial charge is 0.276 e. The molecular formula is C14H21F2NO6. The van der Waals surface area contributed by atoms with Crippen LogP contribution in [0, 0.1) is 11.3 Å². The van der Waals surface area contributed by atoms with Gasteiger partial charge in [0.25, 0.3) is 12.0 Å². The Balaban J connectivity index is 2.31. The molecule has 0 aromatic carbocycles. The van der Waals surface area contributed by atoms with Gasteiger partial charge in [-0.15, -0.1) is 0 Å². The van der Waals surface area contributed by atoms with Crippen molar-refractivity contribution in [1.82, 2.24) is 4.90 Å². The van der Waals surface area contributed by atoms with Crippen LogP contribution in [0.15, 0.2) is 11.7 Å². The number of aliphatic hydroxyl groups is 6. The maximum atomic E-state index is 13.2. The van der Waals surface area contributed by atoms with Gasteiger partial charge in [0.05, 0.1) is 11.1 Å². The van der Waals surface area contributed by atoms with Crippen LogP contribution in [-0.2, 0) is 0 Å². The highest BCUT2D eigenvalue weighted by atomic mass is 19.3. The first-order valence-corrected chi connectivity index (χ1v) is 7.46. The summed E-state index contributed by atoms with van der Waals surface area (Å²) in [6, 6.07) is 0. The van der Waals surface area contributed by atoms with E-state index in [0.717, 1.165) is 0 Å². The lowest BCUT2D eigenvalue weighted by Gasteiger charge is -2.50. The fourth-order valence-corrected chi connectivity index (χ4v) is 4.61. The minimum absolute atomic E-state index is 0.245. The maximum Gasteiger partial charge on any atom is 0.276 e. The van der Waals surface area contributed by atoms with Gasteiger partial charge >= 0.3 is 0 Å². The number of hydrogen-bond donors (Lipinski definition) is 6. The molecule has 0 aromatic rings. The molecule has 2 saturated heterocycles. The normalized spacial score (nSPS) is 34.3. The number of rotatable bonds is 2. The highest BCUT2D eigenvalue weighted by Gasteiger charge is 2.86. The molecule has 0 aromatic heterocycles. The molecule has 7 nitrogen and oxygen atoms in total. The molecule has 23 heavy (non-hydrogen) atoms. The molecule has 0 bridgehead atoms. The van der Waals surface area contributed by atoms with Crippen molar-refractivity contribution in [1.29, 1.82) is 0 Å². The van der Waals surface area contributed by atoms with E-state index in [1.165, 1.54) is 13.8 Å². The molecule has 2 aliphatic heterocycles. The molecular weight excluding hydrogens is 316 g/mol. The summed E-state index contributed by atoms with van der Waals surface area (Å²) in [5.74, 6) is -9.78. The third kappa shape index (κ3) is 1.76. The summed E-state index contributed by atoms with van der Waals surface area (Å²) in [6.07, 6.45) is -2.90. The van der Waals surface area contributed by atoms with Crippen molar-refractivity contribution in [3.05, 3.63) is 11.7 Å². The van der Waals surface area contributed by atoms with E-state index in [-0.39, 0.29) is 11.3 Å². The molecule has 1 saturated carbocycles. The van der Waals surface area contributed by atoms with Crippen LogP contribution in [0.4, 0.5) is 8.78 Å². The summed E-state index contributed by atoms with van der Waals surface area (Å²) in [5.41, 5.74) is -4.29. The molecule has 0 unspecified atom stereocenters. The molecule has 3 rings (SSSR count). The van der Waals surface area contributed by atoms with Crippen LogP contribution in [0.1, 0.15) is 39.5 Å². The Kier molecular flexibility index (Phi) is 3.20. The average Bonchev–Trinajstić information content (AvgIpc) is 2.99. The van der Waals surface area contributed by atoms with Crippen LogP contribution in [0.5, 0.6) is 0 Å². The predicted octanol–water partition coefficient (Wildman–Crippen LogP) is -0.621. The van der Waals surface area contributed by atoms with Gasteiger partial charge in [-0.3, -0.25) is 0 Å². The minimum Gasteiger partial charge on any atom is -0.364 e. The Morgan fingerprint density at radius 1 is 1.13 bits per heavy atom. The molecule has 1 aliphatic carbocycles. The standard InChI is InChI=1S/C14H21F2NO6/c1-7(2)13(20,21)11-5-8(9(15)16)14(22,23)17(11)12(18,19)6-10(11)3-4-10/h7,18-23H,3-6H2,1-2H3/t11-/m1/s1. The van der Waals surface area contributed by atoms with E-state index in [9.17, 15) is 39.4 Å². The van der Waals surface area contributed by atoms with E-state index < -0.39 is 52.6 Å². The highest BCUT2D eigenvalue weighted by Crippen LogP contribution is 2.75. The van der Waals surface area contributed by atoms with E-state index in [4.69, 9.17) is 0 Å². The molecule has 1 spiro atoms. The molecule has 1 atom stereocenters. The largest absolute Gasteiger partial charge is 0.364 e. The Labute approximate surface area is 131 Å². The van der Waals surface area contributed by atoms with Crippen LogP contribution in [0.2, 0.25) is 0 Å². The third-order valence-electron chi connectivity index (χ3n) is 5.84. The van der Waals surface area contributed by atoms with Gasteiger partial charge in [0.15, 0.2) is 5.79 Å². The first kappa shape index (κ1) is 17.2. The number of halogens is 2. The van der Waals surface area contributed by atoms with Crippen LogP contribution in [0.25, 0.3) is 0 Å². The summed E-state index contributed by atoms with van der Waals surface area (Å²) < 4.78 is 26.5. The molecule has 9 heteroatoms. The summed E-state index contributed by atoms with van der Waals surface area (Å²) in [6.45, 7) is 2.86. The van der Waals surface area contributed by atoms with Gasteiger partial charge in [-0.25, -0.2) is 0 Å². The molecule has 0 radical (unpaired) electrons. The lowest BCUT2D eigenvalue weighted by Crippen LogP contribution is -2.71. The van der Waals surface area contributed by atoms with E-state index in [0.29, 0.717) is 12.8 Å². The van der Waals surface area contributed by atoms with Crippen LogP contribution >= 0.6 is 0 Å². The molecule has 3 aliphatic rings. The summed E-state index contributed by atoms with van der Waals surface area (Å²) in [7, 11) is 0. The van der Waals surface area contributed by atoms with Crippen molar-refractivity contribution < 1.29 is 39.4 Å². The average molecular weight is 337 g/mol. The van der Waals surface area contributed by atoms with Crippen molar-refractivity contribution >= 4 is 0 Å². The summed E-state index contributed by atoms with van der Waals surface area (Å²) >= 11 is 0. The quantitative estimate of drug-likeness (QED) is 0.371. The van der Waals surface area contributed by atoms with E-state index >= 15 is 0 Å². The third-order valence-corrected chi connectivity index (χ3v) is 5.84. The second kappa shape index (κ2) is 4.29. The van der Waals surface area contributed by atoms with Crippen LogP contribution in [0.3, 0.4) is 0 Å². The van der Waals surface area contributed by atoms with Gasteiger partial charge in [0.1, 0.15) is 0 Å². The Hall–Kier alpha value is -0.680. The van der Waals surface area contributed by atoms with E-state index in [1.807, 2.05) is 0 Å². The van der Waals surface area contributed by atoms with Gasteiger partial charge in [-0.05, 0) is 12.8 Å². The van der Waals surface area contributed by atoms with Crippen molar-refractivity contribution in [3.63, 3.8) is 0 Å². The summed E-state index contributed by atoms with van der Waals surface area (Å²) in [5, 5.41) is 62.3.